The molecular weight excluding hydrogens is 352 g/mol. The molecule has 1 aromatic rings. The Labute approximate surface area is 156 Å². The molecule has 0 aliphatic carbocycles. The quantitative estimate of drug-likeness (QED) is 0.426. The average Bonchev–Trinajstić information content (AvgIpc) is 2.89. The van der Waals surface area contributed by atoms with Crippen LogP contribution in [0.2, 0.25) is 0 Å². The van der Waals surface area contributed by atoms with Crippen molar-refractivity contribution in [3.8, 4) is 0 Å². The van der Waals surface area contributed by atoms with Gasteiger partial charge in [0.25, 0.3) is 11.8 Å². The number of rotatable bonds is 8. The van der Waals surface area contributed by atoms with Crippen molar-refractivity contribution in [3.63, 3.8) is 0 Å². The van der Waals surface area contributed by atoms with Crippen molar-refractivity contribution >= 4 is 29.3 Å². The number of hydrogen-bond acceptors (Lipinski definition) is 7. The van der Waals surface area contributed by atoms with Crippen LogP contribution in [0.5, 0.6) is 0 Å². The first-order valence-electron chi connectivity index (χ1n) is 8.90. The zero-order chi connectivity index (χ0) is 19.4. The van der Waals surface area contributed by atoms with Crippen LogP contribution >= 0.6 is 0 Å². The normalized spacial score (nSPS) is 19.3. The summed E-state index contributed by atoms with van der Waals surface area (Å²) < 4.78 is 5.40. The van der Waals surface area contributed by atoms with Gasteiger partial charge in [-0.15, -0.1) is 0 Å². The van der Waals surface area contributed by atoms with Gasteiger partial charge in [-0.25, -0.2) is 0 Å². The third-order valence-corrected chi connectivity index (χ3v) is 4.51. The van der Waals surface area contributed by atoms with Gasteiger partial charge in [-0.1, -0.05) is 0 Å². The third kappa shape index (κ3) is 3.99. The zero-order valence-electron chi connectivity index (χ0n) is 14.8. The van der Waals surface area contributed by atoms with E-state index in [0.29, 0.717) is 32.0 Å². The first kappa shape index (κ1) is 19.0. The van der Waals surface area contributed by atoms with E-state index in [0.717, 1.165) is 11.3 Å². The molecule has 27 heavy (non-hydrogen) atoms. The second kappa shape index (κ2) is 8.28. The van der Waals surface area contributed by atoms with Crippen LogP contribution < -0.4 is 16.4 Å². The summed E-state index contributed by atoms with van der Waals surface area (Å²) in [6.07, 6.45) is 1.04. The highest BCUT2D eigenvalue weighted by molar-refractivity contribution is 6.23. The summed E-state index contributed by atoms with van der Waals surface area (Å²) in [5, 5.41) is 5.31. The van der Waals surface area contributed by atoms with Crippen molar-refractivity contribution in [1.29, 1.82) is 0 Å². The molecule has 2 heterocycles. The number of nitrogens with one attached hydrogen (secondary N) is 2. The summed E-state index contributed by atoms with van der Waals surface area (Å²) in [6, 6.07) is 3.92. The molecule has 1 saturated heterocycles. The Morgan fingerprint density at radius 1 is 1.15 bits per heavy atom. The third-order valence-electron chi connectivity index (χ3n) is 4.51. The molecule has 1 aromatic carbocycles. The van der Waals surface area contributed by atoms with Gasteiger partial charge in [0.1, 0.15) is 6.04 Å². The highest BCUT2D eigenvalue weighted by Gasteiger charge is 2.44. The fourth-order valence-electron chi connectivity index (χ4n) is 3.14. The molecule has 0 spiro atoms. The molecule has 0 aromatic heterocycles. The van der Waals surface area contributed by atoms with Gasteiger partial charge in [0.05, 0.1) is 17.7 Å². The standard InChI is InChI=1S/C18H22N4O5/c19-6-1-8-27-9-7-20-11-2-3-12-13(10-11)18(26)22(17(12)25)14-4-5-15(23)21-16(14)24/h2-3,10,14,20H,1,4-9,19H2,(H,21,23,24). The van der Waals surface area contributed by atoms with E-state index < -0.39 is 29.7 Å². The number of carbonyl (C=O) groups excluding carboxylic acids is 4. The molecule has 9 nitrogen and oxygen atoms in total. The van der Waals surface area contributed by atoms with E-state index in [9.17, 15) is 19.2 Å². The number of anilines is 1. The Balaban J connectivity index is 1.66. The highest BCUT2D eigenvalue weighted by Crippen LogP contribution is 2.29. The van der Waals surface area contributed by atoms with Crippen LogP contribution in [0, 0.1) is 0 Å². The van der Waals surface area contributed by atoms with E-state index in [1.165, 1.54) is 0 Å². The molecule has 0 radical (unpaired) electrons. The number of carbonyl (C=O) groups is 4. The van der Waals surface area contributed by atoms with E-state index in [4.69, 9.17) is 10.5 Å². The largest absolute Gasteiger partial charge is 0.383 e. The van der Waals surface area contributed by atoms with Crippen LogP contribution in [0.4, 0.5) is 5.69 Å². The maximum Gasteiger partial charge on any atom is 0.262 e. The summed E-state index contributed by atoms with van der Waals surface area (Å²) in [7, 11) is 0. The number of ether oxygens (including phenoxy) is 1. The number of benzene rings is 1. The smallest absolute Gasteiger partial charge is 0.262 e. The summed E-state index contributed by atoms with van der Waals surface area (Å²) in [6.45, 7) is 2.21. The predicted molar refractivity (Wildman–Crippen MR) is 96.1 cm³/mol. The number of hydrogen-bond donors (Lipinski definition) is 3. The number of imide groups is 2. The van der Waals surface area contributed by atoms with Gasteiger partial charge in [-0.05, 0) is 37.6 Å². The molecule has 0 saturated carbocycles. The van der Waals surface area contributed by atoms with E-state index in [1.54, 1.807) is 18.2 Å². The Kier molecular flexibility index (Phi) is 5.82. The van der Waals surface area contributed by atoms with Gasteiger partial charge in [-0.2, -0.15) is 0 Å². The lowest BCUT2D eigenvalue weighted by Crippen LogP contribution is -2.54. The maximum absolute atomic E-state index is 12.7. The first-order chi connectivity index (χ1) is 13.0. The van der Waals surface area contributed by atoms with Crippen LogP contribution in [0.25, 0.3) is 0 Å². The Morgan fingerprint density at radius 3 is 2.67 bits per heavy atom. The van der Waals surface area contributed by atoms with E-state index in [-0.39, 0.29) is 24.0 Å². The van der Waals surface area contributed by atoms with Crippen LogP contribution in [-0.2, 0) is 14.3 Å². The summed E-state index contributed by atoms with van der Waals surface area (Å²) >= 11 is 0. The van der Waals surface area contributed by atoms with Crippen LogP contribution in [0.15, 0.2) is 18.2 Å². The number of piperidine rings is 1. The van der Waals surface area contributed by atoms with Gasteiger partial charge < -0.3 is 15.8 Å². The fourth-order valence-corrected chi connectivity index (χ4v) is 3.14. The number of amides is 4. The lowest BCUT2D eigenvalue weighted by Gasteiger charge is -2.27. The van der Waals surface area contributed by atoms with Crippen molar-refractivity contribution in [3.05, 3.63) is 29.3 Å². The van der Waals surface area contributed by atoms with Crippen LogP contribution in [0.3, 0.4) is 0 Å². The molecular formula is C18H22N4O5. The predicted octanol–water partition coefficient (Wildman–Crippen LogP) is -0.135. The number of nitrogens with two attached hydrogens (primary N) is 1. The van der Waals surface area contributed by atoms with Crippen molar-refractivity contribution in [2.75, 3.05) is 31.6 Å². The molecule has 144 valence electrons. The monoisotopic (exact) mass is 374 g/mol. The van der Waals surface area contributed by atoms with Gasteiger partial charge in [0, 0.05) is 25.3 Å². The number of nitrogens with zero attached hydrogens (tertiary/aromatic N) is 1. The summed E-state index contributed by atoms with van der Waals surface area (Å²) in [5.74, 6) is -2.05. The Morgan fingerprint density at radius 2 is 1.93 bits per heavy atom. The molecule has 2 aliphatic rings. The zero-order valence-corrected chi connectivity index (χ0v) is 14.8. The first-order valence-corrected chi connectivity index (χ1v) is 8.90. The summed E-state index contributed by atoms with van der Waals surface area (Å²) in [4.78, 5) is 49.6. The van der Waals surface area contributed by atoms with E-state index in [2.05, 4.69) is 10.6 Å². The topological polar surface area (TPSA) is 131 Å². The number of fused-ring (bicyclic) bond motifs is 1. The maximum atomic E-state index is 12.7. The lowest BCUT2D eigenvalue weighted by molar-refractivity contribution is -0.136. The highest BCUT2D eigenvalue weighted by atomic mass is 16.5. The molecule has 0 bridgehead atoms. The Bertz CT molecular complexity index is 779. The molecule has 4 N–H and O–H groups in total. The molecule has 1 fully saturated rings. The van der Waals surface area contributed by atoms with Crippen LogP contribution in [0.1, 0.15) is 40.0 Å². The van der Waals surface area contributed by atoms with Gasteiger partial charge in [0.2, 0.25) is 11.8 Å². The molecule has 9 heteroatoms. The average molecular weight is 374 g/mol. The van der Waals surface area contributed by atoms with Crippen molar-refractivity contribution in [1.82, 2.24) is 10.2 Å². The van der Waals surface area contributed by atoms with Crippen molar-refractivity contribution in [2.45, 2.75) is 25.3 Å². The molecule has 1 unspecified atom stereocenters. The van der Waals surface area contributed by atoms with Gasteiger partial charge in [0.15, 0.2) is 0 Å². The minimum atomic E-state index is -0.956. The molecule has 3 rings (SSSR count). The Hall–Kier alpha value is -2.78. The fraction of sp³-hybridized carbons (Fsp3) is 0.444. The minimum absolute atomic E-state index is 0.0980. The second-order valence-corrected chi connectivity index (χ2v) is 6.39. The van der Waals surface area contributed by atoms with Gasteiger partial charge >= 0.3 is 0 Å². The second-order valence-electron chi connectivity index (χ2n) is 6.39. The molecule has 4 amide bonds. The molecule has 1 atom stereocenters. The molecule has 2 aliphatic heterocycles. The van der Waals surface area contributed by atoms with E-state index in [1.807, 2.05) is 0 Å². The lowest BCUT2D eigenvalue weighted by atomic mass is 10.0. The SMILES string of the molecule is NCCCOCCNc1ccc2c(c1)C(=O)N(C1CCC(=O)NC1=O)C2=O. The van der Waals surface area contributed by atoms with Gasteiger partial charge in [-0.3, -0.25) is 29.4 Å². The minimum Gasteiger partial charge on any atom is -0.383 e. The van der Waals surface area contributed by atoms with Crippen molar-refractivity contribution in [2.24, 2.45) is 5.73 Å². The van der Waals surface area contributed by atoms with E-state index >= 15 is 0 Å². The van der Waals surface area contributed by atoms with Crippen LogP contribution in [-0.4, -0.2) is 60.9 Å². The van der Waals surface area contributed by atoms with Crippen molar-refractivity contribution < 1.29 is 23.9 Å². The summed E-state index contributed by atoms with van der Waals surface area (Å²) in [5.41, 5.74) is 6.58.